The molecule has 0 amide bonds. The Labute approximate surface area is 83.9 Å². The van der Waals surface area contributed by atoms with E-state index in [0.29, 0.717) is 17.8 Å². The Morgan fingerprint density at radius 2 is 2.00 bits per heavy atom. The standard InChI is InChI=1S/C12H15FO/c1-9(2)7-10-5-3-4-6-11(10)12(13)8-14/h3-6,8-9,12H,7H2,1-2H3. The molecule has 0 fully saturated rings. The molecule has 0 heterocycles. The predicted molar refractivity (Wildman–Crippen MR) is 54.9 cm³/mol. The average Bonchev–Trinajstić information content (AvgIpc) is 2.16. The SMILES string of the molecule is CC(C)Cc1ccccc1C(F)C=O. The molecule has 1 aromatic carbocycles. The first-order valence-electron chi connectivity index (χ1n) is 4.82. The van der Waals surface area contributed by atoms with Crippen molar-refractivity contribution in [3.63, 3.8) is 0 Å². The van der Waals surface area contributed by atoms with Crippen LogP contribution in [0.5, 0.6) is 0 Å². The Balaban J connectivity index is 2.96. The number of alkyl halides is 1. The molecule has 76 valence electrons. The number of carbonyl (C=O) groups excluding carboxylic acids is 1. The number of hydrogen-bond donors (Lipinski definition) is 0. The number of rotatable bonds is 4. The van der Waals surface area contributed by atoms with E-state index >= 15 is 0 Å². The van der Waals surface area contributed by atoms with E-state index < -0.39 is 6.17 Å². The zero-order valence-corrected chi connectivity index (χ0v) is 8.53. The first-order chi connectivity index (χ1) is 6.65. The summed E-state index contributed by atoms with van der Waals surface area (Å²) in [5.74, 6) is 0.468. The Hall–Kier alpha value is -1.18. The summed E-state index contributed by atoms with van der Waals surface area (Å²) in [7, 11) is 0. The highest BCUT2D eigenvalue weighted by molar-refractivity contribution is 5.60. The third-order valence-electron chi connectivity index (χ3n) is 2.10. The van der Waals surface area contributed by atoms with Gasteiger partial charge in [0.2, 0.25) is 0 Å². The zero-order valence-electron chi connectivity index (χ0n) is 8.53. The lowest BCUT2D eigenvalue weighted by atomic mass is 9.96. The molecule has 0 bridgehead atoms. The van der Waals surface area contributed by atoms with Crippen molar-refractivity contribution < 1.29 is 9.18 Å². The van der Waals surface area contributed by atoms with Gasteiger partial charge in [-0.25, -0.2) is 4.39 Å². The van der Waals surface area contributed by atoms with E-state index in [4.69, 9.17) is 0 Å². The summed E-state index contributed by atoms with van der Waals surface area (Å²) >= 11 is 0. The van der Waals surface area contributed by atoms with Gasteiger partial charge in [-0.15, -0.1) is 0 Å². The summed E-state index contributed by atoms with van der Waals surface area (Å²) in [5, 5.41) is 0. The van der Waals surface area contributed by atoms with E-state index in [-0.39, 0.29) is 0 Å². The Bertz CT molecular complexity index is 307. The third-order valence-corrected chi connectivity index (χ3v) is 2.10. The molecule has 0 saturated heterocycles. The highest BCUT2D eigenvalue weighted by Crippen LogP contribution is 2.21. The minimum absolute atomic E-state index is 0.346. The summed E-state index contributed by atoms with van der Waals surface area (Å²) in [4.78, 5) is 10.4. The summed E-state index contributed by atoms with van der Waals surface area (Å²) in [6, 6.07) is 7.19. The van der Waals surface area contributed by atoms with E-state index in [1.807, 2.05) is 12.1 Å². The van der Waals surface area contributed by atoms with Crippen molar-refractivity contribution >= 4 is 6.29 Å². The van der Waals surface area contributed by atoms with Crippen molar-refractivity contribution in [1.82, 2.24) is 0 Å². The molecule has 0 aliphatic carbocycles. The van der Waals surface area contributed by atoms with Crippen LogP contribution in [0.25, 0.3) is 0 Å². The van der Waals surface area contributed by atoms with Crippen LogP contribution in [0, 0.1) is 5.92 Å². The van der Waals surface area contributed by atoms with Crippen LogP contribution in [-0.2, 0) is 11.2 Å². The monoisotopic (exact) mass is 194 g/mol. The molecule has 14 heavy (non-hydrogen) atoms. The Morgan fingerprint density at radius 3 is 2.57 bits per heavy atom. The van der Waals surface area contributed by atoms with Crippen molar-refractivity contribution in [2.45, 2.75) is 26.4 Å². The van der Waals surface area contributed by atoms with Gasteiger partial charge in [-0.3, -0.25) is 4.79 Å². The number of halogens is 1. The fraction of sp³-hybridized carbons (Fsp3) is 0.417. The van der Waals surface area contributed by atoms with E-state index in [2.05, 4.69) is 13.8 Å². The highest BCUT2D eigenvalue weighted by Gasteiger charge is 2.12. The van der Waals surface area contributed by atoms with Crippen LogP contribution in [0.15, 0.2) is 24.3 Å². The van der Waals surface area contributed by atoms with E-state index in [1.165, 1.54) is 0 Å². The normalized spacial score (nSPS) is 12.9. The van der Waals surface area contributed by atoms with Gasteiger partial charge in [0.25, 0.3) is 0 Å². The number of aldehydes is 1. The van der Waals surface area contributed by atoms with Crippen LogP contribution in [0.3, 0.4) is 0 Å². The van der Waals surface area contributed by atoms with Crippen LogP contribution in [0.1, 0.15) is 31.1 Å². The average molecular weight is 194 g/mol. The highest BCUT2D eigenvalue weighted by atomic mass is 19.1. The molecule has 0 aliphatic heterocycles. The topological polar surface area (TPSA) is 17.1 Å². The maximum Gasteiger partial charge on any atom is 0.180 e. The fourth-order valence-electron chi connectivity index (χ4n) is 1.50. The molecule has 0 radical (unpaired) electrons. The minimum atomic E-state index is -1.48. The lowest BCUT2D eigenvalue weighted by Gasteiger charge is -2.11. The van der Waals surface area contributed by atoms with Gasteiger partial charge in [-0.2, -0.15) is 0 Å². The lowest BCUT2D eigenvalue weighted by Crippen LogP contribution is -2.02. The molecule has 0 aromatic heterocycles. The molecule has 1 rings (SSSR count). The van der Waals surface area contributed by atoms with Crippen LogP contribution in [-0.4, -0.2) is 6.29 Å². The quantitative estimate of drug-likeness (QED) is 0.673. The first kappa shape index (κ1) is 10.9. The Morgan fingerprint density at radius 1 is 1.36 bits per heavy atom. The van der Waals surface area contributed by atoms with Crippen molar-refractivity contribution in [3.8, 4) is 0 Å². The van der Waals surface area contributed by atoms with Gasteiger partial charge >= 0.3 is 0 Å². The van der Waals surface area contributed by atoms with E-state index in [0.717, 1.165) is 12.0 Å². The number of hydrogen-bond acceptors (Lipinski definition) is 1. The summed E-state index contributed by atoms with van der Waals surface area (Å²) in [5.41, 5.74) is 1.44. The second-order valence-electron chi connectivity index (χ2n) is 3.83. The number of carbonyl (C=O) groups is 1. The molecule has 1 unspecified atom stereocenters. The van der Waals surface area contributed by atoms with Crippen LogP contribution < -0.4 is 0 Å². The largest absolute Gasteiger partial charge is 0.300 e. The first-order valence-corrected chi connectivity index (χ1v) is 4.82. The fourth-order valence-corrected chi connectivity index (χ4v) is 1.50. The van der Waals surface area contributed by atoms with Gasteiger partial charge in [0.15, 0.2) is 12.5 Å². The summed E-state index contributed by atoms with van der Waals surface area (Å²) in [6.45, 7) is 4.15. The van der Waals surface area contributed by atoms with Gasteiger partial charge in [0.1, 0.15) is 0 Å². The van der Waals surface area contributed by atoms with Crippen molar-refractivity contribution in [2.75, 3.05) is 0 Å². The molecule has 0 spiro atoms. The van der Waals surface area contributed by atoms with Crippen LogP contribution in [0.4, 0.5) is 4.39 Å². The van der Waals surface area contributed by atoms with Crippen molar-refractivity contribution in [3.05, 3.63) is 35.4 Å². The molecule has 1 atom stereocenters. The summed E-state index contributed by atoms with van der Waals surface area (Å²) in [6.07, 6.45) is -0.325. The van der Waals surface area contributed by atoms with Gasteiger partial charge in [-0.1, -0.05) is 38.1 Å². The van der Waals surface area contributed by atoms with Gasteiger partial charge in [-0.05, 0) is 23.5 Å². The second kappa shape index (κ2) is 4.89. The van der Waals surface area contributed by atoms with E-state index in [1.54, 1.807) is 12.1 Å². The number of benzene rings is 1. The molecule has 1 aromatic rings. The minimum Gasteiger partial charge on any atom is -0.300 e. The lowest BCUT2D eigenvalue weighted by molar-refractivity contribution is -0.112. The van der Waals surface area contributed by atoms with Crippen LogP contribution >= 0.6 is 0 Å². The van der Waals surface area contributed by atoms with Crippen molar-refractivity contribution in [1.29, 1.82) is 0 Å². The van der Waals surface area contributed by atoms with Crippen molar-refractivity contribution in [2.24, 2.45) is 5.92 Å². The third kappa shape index (κ3) is 2.66. The van der Waals surface area contributed by atoms with Gasteiger partial charge < -0.3 is 0 Å². The summed E-state index contributed by atoms with van der Waals surface area (Å²) < 4.78 is 13.2. The molecule has 0 N–H and O–H groups in total. The Kier molecular flexibility index (Phi) is 3.81. The maximum absolute atomic E-state index is 13.2. The van der Waals surface area contributed by atoms with Gasteiger partial charge in [0, 0.05) is 0 Å². The molecular formula is C12H15FO. The molecular weight excluding hydrogens is 179 g/mol. The molecule has 0 saturated carbocycles. The molecule has 1 nitrogen and oxygen atoms in total. The van der Waals surface area contributed by atoms with Gasteiger partial charge in [0.05, 0.1) is 0 Å². The molecule has 0 aliphatic rings. The molecule has 2 heteroatoms. The predicted octanol–water partition coefficient (Wildman–Crippen LogP) is 3.09. The zero-order chi connectivity index (χ0) is 10.6. The second-order valence-corrected chi connectivity index (χ2v) is 3.83. The maximum atomic E-state index is 13.2. The van der Waals surface area contributed by atoms with E-state index in [9.17, 15) is 9.18 Å². The smallest absolute Gasteiger partial charge is 0.180 e. The van der Waals surface area contributed by atoms with Crippen LogP contribution in [0.2, 0.25) is 0 Å².